The van der Waals surface area contributed by atoms with Crippen LogP contribution in [0.15, 0.2) is 0 Å². The third kappa shape index (κ3) is 6.25. The Kier molecular flexibility index (Phi) is 10.2. The summed E-state index contributed by atoms with van der Waals surface area (Å²) in [5, 5.41) is 0. The molecular formula is C18H34Cl2N4O2. The van der Waals surface area contributed by atoms with Gasteiger partial charge in [0.05, 0.1) is 6.54 Å². The Balaban J connectivity index is 0.00000169. The normalized spacial score (nSPS) is 26.8. The molecule has 0 bridgehead atoms. The van der Waals surface area contributed by atoms with E-state index in [0.29, 0.717) is 18.9 Å². The lowest BCUT2D eigenvalue weighted by atomic mass is 9.99. The SMILES string of the molecule is Cl.Cl.N[C@@H]1CCC[C@H]1CC(=O)N1CCN(CC(=O)N2CCCCC2)CC1. The largest absolute Gasteiger partial charge is 0.342 e. The monoisotopic (exact) mass is 408 g/mol. The number of likely N-dealkylation sites (tertiary alicyclic amines) is 1. The number of amides is 2. The van der Waals surface area contributed by atoms with E-state index in [9.17, 15) is 9.59 Å². The van der Waals surface area contributed by atoms with Gasteiger partial charge in [-0.3, -0.25) is 14.5 Å². The van der Waals surface area contributed by atoms with Gasteiger partial charge in [0.25, 0.3) is 0 Å². The minimum atomic E-state index is 0. The van der Waals surface area contributed by atoms with Crippen molar-refractivity contribution in [2.24, 2.45) is 11.7 Å². The quantitative estimate of drug-likeness (QED) is 0.764. The Morgan fingerprint density at radius 3 is 1.96 bits per heavy atom. The molecule has 0 radical (unpaired) electrons. The number of carbonyl (C=O) groups is 2. The summed E-state index contributed by atoms with van der Waals surface area (Å²) in [7, 11) is 0. The first kappa shape index (κ1) is 23.5. The first-order valence-corrected chi connectivity index (χ1v) is 9.67. The van der Waals surface area contributed by atoms with Gasteiger partial charge in [0.2, 0.25) is 11.8 Å². The molecule has 3 aliphatic rings. The lowest BCUT2D eigenvalue weighted by Crippen LogP contribution is -2.52. The number of nitrogens with zero attached hydrogens (tertiary/aromatic N) is 3. The maximum Gasteiger partial charge on any atom is 0.236 e. The molecule has 0 unspecified atom stereocenters. The smallest absolute Gasteiger partial charge is 0.236 e. The van der Waals surface area contributed by atoms with Crippen LogP contribution in [0.3, 0.4) is 0 Å². The highest BCUT2D eigenvalue weighted by atomic mass is 35.5. The molecule has 3 rings (SSSR count). The first-order chi connectivity index (χ1) is 11.6. The number of hydrogen-bond acceptors (Lipinski definition) is 4. The van der Waals surface area contributed by atoms with Gasteiger partial charge in [-0.05, 0) is 38.0 Å². The van der Waals surface area contributed by atoms with Crippen molar-refractivity contribution in [3.8, 4) is 0 Å². The molecule has 26 heavy (non-hydrogen) atoms. The highest BCUT2D eigenvalue weighted by Crippen LogP contribution is 2.27. The number of rotatable bonds is 4. The van der Waals surface area contributed by atoms with Crippen molar-refractivity contribution < 1.29 is 9.59 Å². The van der Waals surface area contributed by atoms with E-state index >= 15 is 0 Å². The summed E-state index contributed by atoms with van der Waals surface area (Å²) < 4.78 is 0. The minimum Gasteiger partial charge on any atom is -0.342 e. The predicted octanol–water partition coefficient (Wildman–Crippen LogP) is 1.50. The molecule has 2 atom stereocenters. The molecule has 3 fully saturated rings. The molecule has 8 heteroatoms. The fourth-order valence-corrected chi connectivity index (χ4v) is 4.26. The van der Waals surface area contributed by atoms with Gasteiger partial charge >= 0.3 is 0 Å². The van der Waals surface area contributed by atoms with Gasteiger partial charge in [-0.1, -0.05) is 6.42 Å². The van der Waals surface area contributed by atoms with E-state index in [4.69, 9.17) is 5.73 Å². The van der Waals surface area contributed by atoms with Gasteiger partial charge in [0.1, 0.15) is 0 Å². The number of hydrogen-bond donors (Lipinski definition) is 1. The van der Waals surface area contributed by atoms with Gasteiger partial charge < -0.3 is 15.5 Å². The van der Waals surface area contributed by atoms with Crippen molar-refractivity contribution in [1.82, 2.24) is 14.7 Å². The molecule has 1 aliphatic carbocycles. The number of halogens is 2. The summed E-state index contributed by atoms with van der Waals surface area (Å²) in [6, 6.07) is 0.206. The number of piperazine rings is 1. The molecule has 152 valence electrons. The van der Waals surface area contributed by atoms with Crippen LogP contribution in [0, 0.1) is 5.92 Å². The van der Waals surface area contributed by atoms with Crippen molar-refractivity contribution in [3.63, 3.8) is 0 Å². The molecule has 2 heterocycles. The lowest BCUT2D eigenvalue weighted by molar-refractivity contribution is -0.136. The number of carbonyl (C=O) groups excluding carboxylic acids is 2. The van der Waals surface area contributed by atoms with E-state index in [1.807, 2.05) is 9.80 Å². The van der Waals surface area contributed by atoms with Crippen LogP contribution in [0.4, 0.5) is 0 Å². The first-order valence-electron chi connectivity index (χ1n) is 9.67. The Morgan fingerprint density at radius 2 is 1.38 bits per heavy atom. The van der Waals surface area contributed by atoms with Crippen LogP contribution >= 0.6 is 24.8 Å². The van der Waals surface area contributed by atoms with E-state index in [0.717, 1.165) is 71.4 Å². The molecule has 0 aromatic rings. The van der Waals surface area contributed by atoms with Gasteiger partial charge in [0, 0.05) is 51.7 Å². The van der Waals surface area contributed by atoms with E-state index < -0.39 is 0 Å². The molecule has 2 amide bonds. The summed E-state index contributed by atoms with van der Waals surface area (Å²) >= 11 is 0. The second kappa shape index (κ2) is 11.3. The van der Waals surface area contributed by atoms with Crippen LogP contribution in [0.2, 0.25) is 0 Å². The topological polar surface area (TPSA) is 69.9 Å². The average molecular weight is 409 g/mol. The zero-order valence-electron chi connectivity index (χ0n) is 15.6. The third-order valence-electron chi connectivity index (χ3n) is 5.95. The van der Waals surface area contributed by atoms with Crippen LogP contribution < -0.4 is 5.73 Å². The van der Waals surface area contributed by atoms with Gasteiger partial charge in [-0.2, -0.15) is 0 Å². The summed E-state index contributed by atoms with van der Waals surface area (Å²) in [6.07, 6.45) is 7.44. The molecule has 0 aromatic heterocycles. The van der Waals surface area contributed by atoms with E-state index in [-0.39, 0.29) is 42.7 Å². The zero-order chi connectivity index (χ0) is 16.9. The minimum absolute atomic E-state index is 0. The maximum absolute atomic E-state index is 12.5. The average Bonchev–Trinajstić information content (AvgIpc) is 3.01. The summed E-state index contributed by atoms with van der Waals surface area (Å²) in [5.41, 5.74) is 6.08. The number of piperidine rings is 1. The Bertz CT molecular complexity index is 452. The van der Waals surface area contributed by atoms with Crippen LogP contribution in [0.25, 0.3) is 0 Å². The second-order valence-electron chi connectivity index (χ2n) is 7.66. The third-order valence-corrected chi connectivity index (χ3v) is 5.95. The van der Waals surface area contributed by atoms with Gasteiger partial charge in [-0.25, -0.2) is 0 Å². The van der Waals surface area contributed by atoms with Crippen LogP contribution in [-0.4, -0.2) is 78.4 Å². The second-order valence-corrected chi connectivity index (χ2v) is 7.66. The molecule has 0 spiro atoms. The van der Waals surface area contributed by atoms with E-state index in [1.54, 1.807) is 0 Å². The van der Waals surface area contributed by atoms with Crippen molar-refractivity contribution in [2.75, 3.05) is 45.8 Å². The molecule has 6 nitrogen and oxygen atoms in total. The highest BCUT2D eigenvalue weighted by molar-refractivity contribution is 5.85. The fourth-order valence-electron chi connectivity index (χ4n) is 4.26. The molecule has 2 N–H and O–H groups in total. The van der Waals surface area contributed by atoms with Crippen LogP contribution in [0.1, 0.15) is 44.9 Å². The van der Waals surface area contributed by atoms with Gasteiger partial charge in [0.15, 0.2) is 0 Å². The Labute approximate surface area is 169 Å². The lowest BCUT2D eigenvalue weighted by Gasteiger charge is -2.36. The fraction of sp³-hybridized carbons (Fsp3) is 0.889. The summed E-state index contributed by atoms with van der Waals surface area (Å²) in [5.74, 6) is 0.877. The Hall–Kier alpha value is -0.560. The maximum atomic E-state index is 12.5. The summed E-state index contributed by atoms with van der Waals surface area (Å²) in [4.78, 5) is 31.0. The van der Waals surface area contributed by atoms with Crippen molar-refractivity contribution in [3.05, 3.63) is 0 Å². The Morgan fingerprint density at radius 1 is 0.769 bits per heavy atom. The summed E-state index contributed by atoms with van der Waals surface area (Å²) in [6.45, 7) is 5.44. The van der Waals surface area contributed by atoms with Crippen LogP contribution in [-0.2, 0) is 9.59 Å². The molecule has 1 saturated carbocycles. The standard InChI is InChI=1S/C18H32N4O2.2ClH/c19-16-6-4-5-15(16)13-17(23)22-11-9-20(10-12-22)14-18(24)21-7-2-1-3-8-21;;/h15-16H,1-14,19H2;2*1H/t15-,16+;;/m0../s1. The molecular weight excluding hydrogens is 375 g/mol. The zero-order valence-corrected chi connectivity index (χ0v) is 17.2. The molecule has 0 aromatic carbocycles. The number of nitrogens with two attached hydrogens (primary N) is 1. The van der Waals surface area contributed by atoms with E-state index in [2.05, 4.69) is 4.90 Å². The van der Waals surface area contributed by atoms with Crippen molar-refractivity contribution in [2.45, 2.75) is 51.0 Å². The van der Waals surface area contributed by atoms with E-state index in [1.165, 1.54) is 6.42 Å². The predicted molar refractivity (Wildman–Crippen MR) is 108 cm³/mol. The molecule has 2 saturated heterocycles. The van der Waals surface area contributed by atoms with Crippen molar-refractivity contribution in [1.29, 1.82) is 0 Å². The molecule has 2 aliphatic heterocycles. The van der Waals surface area contributed by atoms with Gasteiger partial charge in [-0.15, -0.1) is 24.8 Å². The van der Waals surface area contributed by atoms with Crippen molar-refractivity contribution >= 4 is 36.6 Å². The van der Waals surface area contributed by atoms with Crippen LogP contribution in [0.5, 0.6) is 0 Å². The highest BCUT2D eigenvalue weighted by Gasteiger charge is 2.30.